The van der Waals surface area contributed by atoms with E-state index in [0.717, 1.165) is 15.7 Å². The third kappa shape index (κ3) is 3.88. The highest BCUT2D eigenvalue weighted by molar-refractivity contribution is 8.04. The molecular weight excluding hydrogens is 200 g/mol. The predicted octanol–water partition coefficient (Wildman–Crippen LogP) is 4.29. The summed E-state index contributed by atoms with van der Waals surface area (Å²) < 4.78 is 0.853. The van der Waals surface area contributed by atoms with Crippen LogP contribution in [-0.4, -0.2) is 5.75 Å². The number of rotatable bonds is 3. The first-order chi connectivity index (χ1) is 6.22. The Morgan fingerprint density at radius 1 is 1.38 bits per heavy atom. The fourth-order valence-corrected chi connectivity index (χ4v) is 1.92. The van der Waals surface area contributed by atoms with Crippen molar-refractivity contribution in [2.45, 2.75) is 13.8 Å². The van der Waals surface area contributed by atoms with Gasteiger partial charge in [-0.2, -0.15) is 0 Å². The molecule has 0 bridgehead atoms. The van der Waals surface area contributed by atoms with Crippen molar-refractivity contribution in [1.29, 1.82) is 0 Å². The maximum Gasteiger partial charge on any atom is 0.0740 e. The normalized spacial score (nSPS) is 11.8. The Kier molecular flexibility index (Phi) is 4.40. The Balaban J connectivity index is 2.73. The lowest BCUT2D eigenvalue weighted by Crippen LogP contribution is -1.74. The van der Waals surface area contributed by atoms with Gasteiger partial charge in [-0.05, 0) is 24.3 Å². The Labute approximate surface area is 89.0 Å². The van der Waals surface area contributed by atoms with Crippen molar-refractivity contribution in [3.63, 3.8) is 0 Å². The van der Waals surface area contributed by atoms with Crippen molar-refractivity contribution in [2.75, 3.05) is 5.75 Å². The van der Waals surface area contributed by atoms with Crippen LogP contribution in [-0.2, 0) is 0 Å². The second kappa shape index (κ2) is 5.36. The summed E-state index contributed by atoms with van der Waals surface area (Å²) in [6, 6.07) is 8.33. The van der Waals surface area contributed by atoms with E-state index in [1.807, 2.05) is 6.08 Å². The molecule has 0 fully saturated rings. The molecule has 0 atom stereocenters. The molecule has 0 radical (unpaired) electrons. The number of thioether (sulfide) groups is 1. The molecule has 0 unspecified atom stereocenters. The molecule has 1 aromatic rings. The summed E-state index contributed by atoms with van der Waals surface area (Å²) in [5.41, 5.74) is 2.44. The Morgan fingerprint density at radius 3 is 2.54 bits per heavy atom. The van der Waals surface area contributed by atoms with E-state index < -0.39 is 0 Å². The topological polar surface area (TPSA) is 0 Å². The van der Waals surface area contributed by atoms with Gasteiger partial charge in [-0.1, -0.05) is 48.4 Å². The molecule has 0 aromatic heterocycles. The zero-order valence-corrected chi connectivity index (χ0v) is 9.45. The van der Waals surface area contributed by atoms with Crippen LogP contribution in [0.3, 0.4) is 0 Å². The Bertz CT molecular complexity index is 287. The van der Waals surface area contributed by atoms with Crippen molar-refractivity contribution in [3.05, 3.63) is 39.8 Å². The summed E-state index contributed by atoms with van der Waals surface area (Å²) in [6.45, 7) is 4.17. The van der Waals surface area contributed by atoms with E-state index in [1.54, 1.807) is 11.8 Å². The zero-order chi connectivity index (χ0) is 9.68. The molecule has 70 valence electrons. The molecule has 0 aliphatic carbocycles. The van der Waals surface area contributed by atoms with Crippen LogP contribution in [0.15, 0.2) is 28.6 Å². The minimum Gasteiger partial charge on any atom is -0.114 e. The third-order valence-electron chi connectivity index (χ3n) is 1.64. The Morgan fingerprint density at radius 2 is 2.00 bits per heavy atom. The standard InChI is InChI=1S/C11H13ClS/c1-3-13-11(12)8-10-6-4-9(2)5-7-10/h4-8H,3H2,1-2H3/b11-8-. The molecule has 0 spiro atoms. The molecule has 0 amide bonds. The van der Waals surface area contributed by atoms with E-state index in [9.17, 15) is 0 Å². The van der Waals surface area contributed by atoms with Crippen molar-refractivity contribution < 1.29 is 0 Å². The van der Waals surface area contributed by atoms with Crippen LogP contribution in [0.2, 0.25) is 0 Å². The molecule has 0 nitrogen and oxygen atoms in total. The smallest absolute Gasteiger partial charge is 0.0740 e. The summed E-state index contributed by atoms with van der Waals surface area (Å²) in [7, 11) is 0. The number of hydrogen-bond acceptors (Lipinski definition) is 1. The molecule has 0 heterocycles. The van der Waals surface area contributed by atoms with Gasteiger partial charge in [0.1, 0.15) is 0 Å². The summed E-state index contributed by atoms with van der Waals surface area (Å²) in [4.78, 5) is 0. The molecule has 0 N–H and O–H groups in total. The highest BCUT2D eigenvalue weighted by Crippen LogP contribution is 2.22. The molecular formula is C11H13ClS. The molecule has 13 heavy (non-hydrogen) atoms. The fourth-order valence-electron chi connectivity index (χ4n) is 0.973. The van der Waals surface area contributed by atoms with E-state index in [0.29, 0.717) is 0 Å². The summed E-state index contributed by atoms with van der Waals surface area (Å²) >= 11 is 7.64. The zero-order valence-electron chi connectivity index (χ0n) is 7.88. The summed E-state index contributed by atoms with van der Waals surface area (Å²) in [5.74, 6) is 1.02. The first-order valence-electron chi connectivity index (χ1n) is 4.29. The lowest BCUT2D eigenvalue weighted by molar-refractivity contribution is 1.46. The van der Waals surface area contributed by atoms with Gasteiger partial charge in [-0.25, -0.2) is 0 Å². The summed E-state index contributed by atoms with van der Waals surface area (Å²) in [6.07, 6.45) is 2.00. The number of halogens is 1. The van der Waals surface area contributed by atoms with Crippen molar-refractivity contribution in [1.82, 2.24) is 0 Å². The molecule has 1 rings (SSSR count). The largest absolute Gasteiger partial charge is 0.114 e. The monoisotopic (exact) mass is 212 g/mol. The number of hydrogen-bond donors (Lipinski definition) is 0. The second-order valence-corrected chi connectivity index (χ2v) is 4.73. The molecule has 1 aromatic carbocycles. The summed E-state index contributed by atoms with van der Waals surface area (Å²) in [5, 5.41) is 0. The van der Waals surface area contributed by atoms with E-state index >= 15 is 0 Å². The van der Waals surface area contributed by atoms with Crippen molar-refractivity contribution in [3.8, 4) is 0 Å². The Hall–Kier alpha value is -0.400. The van der Waals surface area contributed by atoms with Gasteiger partial charge in [-0.15, -0.1) is 11.8 Å². The quantitative estimate of drug-likeness (QED) is 0.721. The SMILES string of the molecule is CCS/C(Cl)=C\c1ccc(C)cc1. The van der Waals surface area contributed by atoms with Crippen molar-refractivity contribution in [2.24, 2.45) is 0 Å². The van der Waals surface area contributed by atoms with E-state index in [2.05, 4.69) is 38.1 Å². The van der Waals surface area contributed by atoms with Gasteiger partial charge >= 0.3 is 0 Å². The molecule has 0 saturated heterocycles. The van der Waals surface area contributed by atoms with Gasteiger partial charge < -0.3 is 0 Å². The second-order valence-electron chi connectivity index (χ2n) is 2.79. The van der Waals surface area contributed by atoms with Gasteiger partial charge in [0.15, 0.2) is 0 Å². The van der Waals surface area contributed by atoms with Crippen LogP contribution in [0.1, 0.15) is 18.1 Å². The lowest BCUT2D eigenvalue weighted by atomic mass is 10.1. The maximum absolute atomic E-state index is 5.98. The van der Waals surface area contributed by atoms with E-state index in [1.165, 1.54) is 5.56 Å². The first kappa shape index (κ1) is 10.7. The van der Waals surface area contributed by atoms with E-state index in [4.69, 9.17) is 11.6 Å². The number of aryl methyl sites for hydroxylation is 1. The van der Waals surface area contributed by atoms with Crippen LogP contribution < -0.4 is 0 Å². The van der Waals surface area contributed by atoms with Crippen LogP contribution >= 0.6 is 23.4 Å². The molecule has 2 heteroatoms. The van der Waals surface area contributed by atoms with Gasteiger partial charge in [0.05, 0.1) is 4.36 Å². The van der Waals surface area contributed by atoms with Crippen LogP contribution in [0.5, 0.6) is 0 Å². The van der Waals surface area contributed by atoms with Gasteiger partial charge in [0.25, 0.3) is 0 Å². The van der Waals surface area contributed by atoms with Gasteiger partial charge in [0.2, 0.25) is 0 Å². The third-order valence-corrected chi connectivity index (χ3v) is 2.76. The first-order valence-corrected chi connectivity index (χ1v) is 5.65. The van der Waals surface area contributed by atoms with Crippen LogP contribution in [0.25, 0.3) is 6.08 Å². The predicted molar refractivity (Wildman–Crippen MR) is 63.1 cm³/mol. The van der Waals surface area contributed by atoms with Gasteiger partial charge in [0, 0.05) is 0 Å². The van der Waals surface area contributed by atoms with Crippen LogP contribution in [0.4, 0.5) is 0 Å². The molecule has 0 aliphatic rings. The molecule has 0 saturated carbocycles. The highest BCUT2D eigenvalue weighted by atomic mass is 35.5. The minimum atomic E-state index is 0.853. The lowest BCUT2D eigenvalue weighted by Gasteiger charge is -1.97. The average molecular weight is 213 g/mol. The minimum absolute atomic E-state index is 0.853. The van der Waals surface area contributed by atoms with Crippen molar-refractivity contribution >= 4 is 29.4 Å². The van der Waals surface area contributed by atoms with Crippen LogP contribution in [0, 0.1) is 6.92 Å². The number of benzene rings is 1. The molecule has 0 aliphatic heterocycles. The average Bonchev–Trinajstić information content (AvgIpc) is 2.09. The fraction of sp³-hybridized carbons (Fsp3) is 0.273. The van der Waals surface area contributed by atoms with E-state index in [-0.39, 0.29) is 0 Å². The highest BCUT2D eigenvalue weighted by Gasteiger charge is 1.92. The maximum atomic E-state index is 5.98. The van der Waals surface area contributed by atoms with Gasteiger partial charge in [-0.3, -0.25) is 0 Å².